The number of nitrogen functional groups attached to an aromatic ring is 1. The van der Waals surface area contributed by atoms with Crippen molar-refractivity contribution in [3.05, 3.63) is 59.0 Å². The molecule has 0 radical (unpaired) electrons. The van der Waals surface area contributed by atoms with Gasteiger partial charge >= 0.3 is 0 Å². The number of thiophene rings is 1. The van der Waals surface area contributed by atoms with Crippen LogP contribution < -0.4 is 10.7 Å². The highest BCUT2D eigenvalue weighted by Gasteiger charge is 2.23. The first-order chi connectivity index (χ1) is 10.8. The zero-order valence-electron chi connectivity index (χ0n) is 12.3. The highest BCUT2D eigenvalue weighted by atomic mass is 32.1. The van der Waals surface area contributed by atoms with E-state index in [1.54, 1.807) is 11.3 Å². The van der Waals surface area contributed by atoms with E-state index in [1.165, 1.54) is 0 Å². The number of anilines is 1. The van der Waals surface area contributed by atoms with Gasteiger partial charge in [-0.2, -0.15) is 5.26 Å². The third-order valence-corrected chi connectivity index (χ3v) is 4.57. The molecule has 0 aliphatic carbocycles. The van der Waals surface area contributed by atoms with Crippen LogP contribution in [-0.2, 0) is 6.42 Å². The van der Waals surface area contributed by atoms with Crippen LogP contribution in [0.1, 0.15) is 18.1 Å². The first-order valence-electron chi connectivity index (χ1n) is 7.13. The molecule has 108 valence electrons. The minimum absolute atomic E-state index is 0.418. The van der Waals surface area contributed by atoms with E-state index < -0.39 is 0 Å². The van der Waals surface area contributed by atoms with Crippen LogP contribution in [0.5, 0.6) is 0 Å². The summed E-state index contributed by atoms with van der Waals surface area (Å²) in [5.74, 6) is 0.418. The van der Waals surface area contributed by atoms with E-state index in [9.17, 15) is 5.26 Å². The summed E-state index contributed by atoms with van der Waals surface area (Å²) in [6, 6.07) is 16.4. The molecule has 0 saturated carbocycles. The molecule has 3 N–H and O–H groups in total. The van der Waals surface area contributed by atoms with Gasteiger partial charge in [-0.05, 0) is 17.9 Å². The van der Waals surface area contributed by atoms with Crippen molar-refractivity contribution in [3.63, 3.8) is 0 Å². The quantitative estimate of drug-likeness (QED) is 0.797. The summed E-state index contributed by atoms with van der Waals surface area (Å²) in [4.78, 5) is 4.30. The van der Waals surface area contributed by atoms with Crippen LogP contribution in [0, 0.1) is 11.3 Å². The monoisotopic (exact) mass is 306 g/mol. The smallest absolute Gasteiger partial charge is 0.286 e. The Morgan fingerprint density at radius 1 is 1.18 bits per heavy atom. The van der Waals surface area contributed by atoms with Gasteiger partial charge in [0.15, 0.2) is 0 Å². The molecule has 0 aliphatic rings. The average molecular weight is 306 g/mol. The van der Waals surface area contributed by atoms with Gasteiger partial charge in [0.1, 0.15) is 17.3 Å². The molecule has 0 bridgehead atoms. The summed E-state index contributed by atoms with van der Waals surface area (Å²) in [7, 11) is 0. The average Bonchev–Trinajstić information content (AvgIpc) is 3.08. The maximum atomic E-state index is 9.53. The molecule has 3 nitrogen and oxygen atoms in total. The number of nitrogens with two attached hydrogens (primary N) is 1. The van der Waals surface area contributed by atoms with Crippen LogP contribution in [0.3, 0.4) is 0 Å². The lowest BCUT2D eigenvalue weighted by atomic mass is 9.94. The number of nitrogens with one attached hydrogen (secondary N) is 1. The lowest BCUT2D eigenvalue weighted by Gasteiger charge is -2.12. The third-order valence-electron chi connectivity index (χ3n) is 3.68. The van der Waals surface area contributed by atoms with Crippen molar-refractivity contribution in [2.45, 2.75) is 13.3 Å². The standard InChI is InChI=1S/C18H15N3S/c1-2-13-16(15-9-6-10-22-15)14(11-19)18(20)21-17(13)12-7-4-3-5-8-12/h3-10H,2H2,1H3,(H2,20,21)/p+1. The van der Waals surface area contributed by atoms with Crippen LogP contribution in [0.25, 0.3) is 21.7 Å². The van der Waals surface area contributed by atoms with Crippen LogP contribution in [-0.4, -0.2) is 0 Å². The second-order valence-electron chi connectivity index (χ2n) is 4.95. The van der Waals surface area contributed by atoms with Crippen molar-refractivity contribution in [1.29, 1.82) is 5.26 Å². The van der Waals surface area contributed by atoms with Crippen LogP contribution in [0.15, 0.2) is 47.8 Å². The van der Waals surface area contributed by atoms with E-state index >= 15 is 0 Å². The van der Waals surface area contributed by atoms with Gasteiger partial charge in [0.05, 0.1) is 0 Å². The summed E-state index contributed by atoms with van der Waals surface area (Å²) in [6.45, 7) is 2.10. The third kappa shape index (κ3) is 2.36. The summed E-state index contributed by atoms with van der Waals surface area (Å²) >= 11 is 1.63. The number of H-pyrrole nitrogens is 1. The number of benzene rings is 1. The Morgan fingerprint density at radius 3 is 2.55 bits per heavy atom. The van der Waals surface area contributed by atoms with Gasteiger partial charge in [0.25, 0.3) is 5.82 Å². The molecule has 3 rings (SSSR count). The number of hydrogen-bond acceptors (Lipinski definition) is 3. The van der Waals surface area contributed by atoms with Crippen molar-refractivity contribution < 1.29 is 4.98 Å². The Bertz CT molecular complexity index is 831. The van der Waals surface area contributed by atoms with Gasteiger partial charge in [-0.15, -0.1) is 11.3 Å². The summed E-state index contributed by atoms with van der Waals surface area (Å²) in [5.41, 5.74) is 10.8. The van der Waals surface area contributed by atoms with Crippen molar-refractivity contribution in [2.75, 3.05) is 5.73 Å². The molecule has 0 atom stereocenters. The molecule has 0 saturated heterocycles. The second-order valence-corrected chi connectivity index (χ2v) is 5.90. The van der Waals surface area contributed by atoms with E-state index in [4.69, 9.17) is 5.73 Å². The van der Waals surface area contributed by atoms with E-state index in [1.807, 2.05) is 35.7 Å². The maximum absolute atomic E-state index is 9.53. The number of rotatable bonds is 3. The second kappa shape index (κ2) is 6.00. The Labute approximate surface area is 133 Å². The topological polar surface area (TPSA) is 63.9 Å². The lowest BCUT2D eigenvalue weighted by molar-refractivity contribution is -0.347. The van der Waals surface area contributed by atoms with Gasteiger partial charge in [0.2, 0.25) is 0 Å². The largest absolute Gasteiger partial charge is 0.289 e. The lowest BCUT2D eigenvalue weighted by Crippen LogP contribution is -2.19. The molecule has 0 fully saturated rings. The molecular weight excluding hydrogens is 290 g/mol. The highest BCUT2D eigenvalue weighted by Crippen LogP contribution is 2.36. The highest BCUT2D eigenvalue weighted by molar-refractivity contribution is 7.13. The fourth-order valence-corrected chi connectivity index (χ4v) is 3.50. The Morgan fingerprint density at radius 2 is 1.95 bits per heavy atom. The molecule has 1 aromatic carbocycles. The van der Waals surface area contributed by atoms with Gasteiger partial charge in [-0.3, -0.25) is 5.73 Å². The Hall–Kier alpha value is -2.64. The van der Waals surface area contributed by atoms with Gasteiger partial charge in [0, 0.05) is 21.6 Å². The van der Waals surface area contributed by atoms with Crippen LogP contribution in [0.4, 0.5) is 5.82 Å². The number of aromatic amines is 1. The Kier molecular flexibility index (Phi) is 3.90. The normalized spacial score (nSPS) is 10.4. The molecule has 2 heterocycles. The molecule has 3 aromatic rings. The predicted octanol–water partition coefficient (Wildman–Crippen LogP) is 3.91. The molecular formula is C18H16N3S+. The van der Waals surface area contributed by atoms with Crippen molar-refractivity contribution in [3.8, 4) is 27.8 Å². The molecule has 0 amide bonds. The number of pyridine rings is 1. The molecule has 4 heteroatoms. The van der Waals surface area contributed by atoms with Crippen molar-refractivity contribution >= 4 is 17.2 Å². The van der Waals surface area contributed by atoms with Crippen LogP contribution in [0.2, 0.25) is 0 Å². The first-order valence-corrected chi connectivity index (χ1v) is 8.01. The molecule has 22 heavy (non-hydrogen) atoms. The van der Waals surface area contributed by atoms with E-state index in [0.29, 0.717) is 11.4 Å². The molecule has 0 spiro atoms. The first kappa shape index (κ1) is 14.3. The van der Waals surface area contributed by atoms with Crippen molar-refractivity contribution in [2.24, 2.45) is 0 Å². The van der Waals surface area contributed by atoms with E-state index in [2.05, 4.69) is 30.1 Å². The summed E-state index contributed by atoms with van der Waals surface area (Å²) < 4.78 is 0. The summed E-state index contributed by atoms with van der Waals surface area (Å²) in [5, 5.41) is 11.6. The number of nitriles is 1. The number of hydrogen-bond donors (Lipinski definition) is 1. The van der Waals surface area contributed by atoms with Gasteiger partial charge in [-0.1, -0.05) is 43.3 Å². The fourth-order valence-electron chi connectivity index (χ4n) is 2.70. The van der Waals surface area contributed by atoms with Crippen molar-refractivity contribution in [1.82, 2.24) is 0 Å². The zero-order chi connectivity index (χ0) is 15.5. The zero-order valence-corrected chi connectivity index (χ0v) is 13.1. The molecule has 0 aliphatic heterocycles. The Balaban J connectivity index is 2.37. The maximum Gasteiger partial charge on any atom is 0.289 e. The molecule has 0 unspecified atom stereocenters. The van der Waals surface area contributed by atoms with E-state index in [0.717, 1.165) is 33.7 Å². The van der Waals surface area contributed by atoms with Crippen LogP contribution >= 0.6 is 11.3 Å². The minimum atomic E-state index is 0.418. The fraction of sp³-hybridized carbons (Fsp3) is 0.111. The molecule has 2 aromatic heterocycles. The predicted molar refractivity (Wildman–Crippen MR) is 90.3 cm³/mol. The van der Waals surface area contributed by atoms with Gasteiger partial charge < -0.3 is 0 Å². The minimum Gasteiger partial charge on any atom is -0.286 e. The number of aromatic nitrogens is 1. The van der Waals surface area contributed by atoms with Gasteiger partial charge in [-0.25, -0.2) is 4.98 Å². The number of nitrogens with zero attached hydrogens (tertiary/aromatic N) is 1. The summed E-state index contributed by atoms with van der Waals surface area (Å²) in [6.07, 6.45) is 0.822. The SMILES string of the molecule is CCc1c(-c2ccccc2)[nH+]c(N)c(C#N)c1-c1cccs1. The van der Waals surface area contributed by atoms with E-state index in [-0.39, 0.29) is 0 Å².